The molecule has 1 aromatic heterocycles. The highest BCUT2D eigenvalue weighted by Crippen LogP contribution is 2.40. The van der Waals surface area contributed by atoms with E-state index in [1.165, 1.54) is 6.07 Å². The molecule has 28 heavy (non-hydrogen) atoms. The first-order valence-electron chi connectivity index (χ1n) is 8.50. The molecule has 1 aliphatic rings. The van der Waals surface area contributed by atoms with Crippen molar-refractivity contribution in [1.82, 2.24) is 15.3 Å². The topological polar surface area (TPSA) is 64.1 Å². The number of carbonyl (C=O) groups excluding carboxylic acids is 1. The van der Waals surface area contributed by atoms with Crippen molar-refractivity contribution in [3.8, 4) is 17.0 Å². The average Bonchev–Trinajstić information content (AvgIpc) is 3.09. The van der Waals surface area contributed by atoms with Gasteiger partial charge in [0.25, 0.3) is 5.91 Å². The van der Waals surface area contributed by atoms with E-state index in [0.29, 0.717) is 28.5 Å². The minimum absolute atomic E-state index is 0.0822. The van der Waals surface area contributed by atoms with Gasteiger partial charge in [-0.3, -0.25) is 14.8 Å². The van der Waals surface area contributed by atoms with Crippen LogP contribution in [0.5, 0.6) is 5.75 Å². The number of carbonyl (C=O) groups is 1. The molecule has 2 aromatic carbocycles. The smallest absolute Gasteiger partial charge is 0.257 e. The van der Waals surface area contributed by atoms with Gasteiger partial charge in [-0.05, 0) is 24.3 Å². The molecule has 0 bridgehead atoms. The van der Waals surface area contributed by atoms with E-state index in [1.54, 1.807) is 30.7 Å². The van der Waals surface area contributed by atoms with Gasteiger partial charge in [0.2, 0.25) is 0 Å². The van der Waals surface area contributed by atoms with Crippen LogP contribution in [0.4, 0.5) is 8.78 Å². The average molecular weight is 402 g/mol. The second kappa shape index (κ2) is 7.52. The summed E-state index contributed by atoms with van der Waals surface area (Å²) in [5.74, 6) is -2.04. The monoisotopic (exact) mass is 401 g/mol. The van der Waals surface area contributed by atoms with E-state index < -0.39 is 29.2 Å². The molecular weight excluding hydrogens is 388 g/mol. The maximum atomic E-state index is 13.7. The Bertz CT molecular complexity index is 1030. The lowest BCUT2D eigenvalue weighted by Gasteiger charge is -2.14. The van der Waals surface area contributed by atoms with Gasteiger partial charge < -0.3 is 10.1 Å². The molecular formula is C20H14ClF2N3O2. The van der Waals surface area contributed by atoms with Gasteiger partial charge in [-0.25, -0.2) is 8.78 Å². The molecule has 1 atom stereocenters. The van der Waals surface area contributed by atoms with Crippen LogP contribution < -0.4 is 10.1 Å². The minimum atomic E-state index is -0.912. The number of amides is 1. The molecule has 0 radical (unpaired) electrons. The van der Waals surface area contributed by atoms with Crippen molar-refractivity contribution < 1.29 is 18.3 Å². The first-order valence-corrected chi connectivity index (χ1v) is 8.88. The number of nitrogens with zero attached hydrogens (tertiary/aromatic N) is 2. The maximum absolute atomic E-state index is 13.7. The highest BCUT2D eigenvalue weighted by atomic mass is 35.5. The quantitative estimate of drug-likeness (QED) is 0.722. The number of aromatic nitrogens is 2. The van der Waals surface area contributed by atoms with E-state index in [4.69, 9.17) is 16.3 Å². The molecule has 0 spiro atoms. The van der Waals surface area contributed by atoms with Crippen LogP contribution in [0.1, 0.15) is 15.9 Å². The van der Waals surface area contributed by atoms with Crippen LogP contribution in [-0.2, 0) is 6.42 Å². The Morgan fingerprint density at radius 1 is 1.25 bits per heavy atom. The molecule has 142 valence electrons. The number of rotatable bonds is 4. The summed E-state index contributed by atoms with van der Waals surface area (Å²) in [6, 6.07) is 6.80. The zero-order chi connectivity index (χ0) is 19.7. The minimum Gasteiger partial charge on any atom is -0.487 e. The fourth-order valence-corrected chi connectivity index (χ4v) is 3.39. The first-order chi connectivity index (χ1) is 13.5. The second-order valence-electron chi connectivity index (χ2n) is 6.28. The molecule has 5 nitrogen and oxygen atoms in total. The summed E-state index contributed by atoms with van der Waals surface area (Å²) in [7, 11) is 0. The van der Waals surface area contributed by atoms with E-state index in [-0.39, 0.29) is 6.54 Å². The van der Waals surface area contributed by atoms with E-state index in [2.05, 4.69) is 15.3 Å². The summed E-state index contributed by atoms with van der Waals surface area (Å²) in [6.45, 7) is 0.0822. The molecule has 3 aromatic rings. The first kappa shape index (κ1) is 18.3. The lowest BCUT2D eigenvalue weighted by Crippen LogP contribution is -2.35. The largest absolute Gasteiger partial charge is 0.487 e. The van der Waals surface area contributed by atoms with Gasteiger partial charge in [0.15, 0.2) is 0 Å². The van der Waals surface area contributed by atoms with Crippen molar-refractivity contribution in [3.05, 3.63) is 76.7 Å². The van der Waals surface area contributed by atoms with Crippen LogP contribution in [-0.4, -0.2) is 28.5 Å². The number of hydrogen-bond donors (Lipinski definition) is 1. The summed E-state index contributed by atoms with van der Waals surface area (Å²) in [5, 5.41) is 3.06. The number of hydrogen-bond acceptors (Lipinski definition) is 4. The van der Waals surface area contributed by atoms with Crippen LogP contribution in [0.15, 0.2) is 48.9 Å². The summed E-state index contributed by atoms with van der Waals surface area (Å²) in [6.07, 6.45) is 4.82. The van der Waals surface area contributed by atoms with Gasteiger partial charge >= 0.3 is 0 Å². The predicted molar refractivity (Wildman–Crippen MR) is 99.3 cm³/mol. The Balaban J connectivity index is 1.51. The van der Waals surface area contributed by atoms with Crippen molar-refractivity contribution in [3.63, 3.8) is 0 Å². The fourth-order valence-electron chi connectivity index (χ4n) is 3.15. The van der Waals surface area contributed by atoms with Gasteiger partial charge in [-0.15, -0.1) is 0 Å². The third-order valence-corrected chi connectivity index (χ3v) is 4.60. The van der Waals surface area contributed by atoms with Gasteiger partial charge in [0, 0.05) is 35.0 Å². The zero-order valence-corrected chi connectivity index (χ0v) is 15.2. The SMILES string of the molecule is O=C(NC[C@H]1Cc2cc(Cl)cc(-c3cnccn3)c2O1)c1c(F)cccc1F. The highest BCUT2D eigenvalue weighted by Gasteiger charge is 2.28. The molecule has 0 unspecified atom stereocenters. The number of benzene rings is 2. The van der Waals surface area contributed by atoms with Gasteiger partial charge in [-0.2, -0.15) is 0 Å². The number of fused-ring (bicyclic) bond motifs is 1. The Labute approximate surface area is 164 Å². The summed E-state index contributed by atoms with van der Waals surface area (Å²) in [5.41, 5.74) is 1.56. The zero-order valence-electron chi connectivity index (χ0n) is 14.5. The van der Waals surface area contributed by atoms with Crippen LogP contribution in [0.3, 0.4) is 0 Å². The molecule has 1 amide bonds. The van der Waals surface area contributed by atoms with E-state index >= 15 is 0 Å². The molecule has 1 aliphatic heterocycles. The van der Waals surface area contributed by atoms with Crippen molar-refractivity contribution in [1.29, 1.82) is 0 Å². The number of halogens is 3. The highest BCUT2D eigenvalue weighted by molar-refractivity contribution is 6.31. The summed E-state index contributed by atoms with van der Waals surface area (Å²) >= 11 is 6.21. The third kappa shape index (κ3) is 3.53. The van der Waals surface area contributed by atoms with E-state index in [0.717, 1.165) is 17.7 Å². The summed E-state index contributed by atoms with van der Waals surface area (Å²) in [4.78, 5) is 20.5. The molecule has 1 N–H and O–H groups in total. The Morgan fingerprint density at radius 3 is 2.75 bits per heavy atom. The lowest BCUT2D eigenvalue weighted by atomic mass is 10.0. The molecule has 2 heterocycles. The van der Waals surface area contributed by atoms with Crippen LogP contribution in [0.2, 0.25) is 5.02 Å². The van der Waals surface area contributed by atoms with Crippen molar-refractivity contribution in [2.45, 2.75) is 12.5 Å². The summed E-state index contributed by atoms with van der Waals surface area (Å²) < 4.78 is 33.4. The molecule has 0 fully saturated rings. The van der Waals surface area contributed by atoms with Crippen LogP contribution >= 0.6 is 11.6 Å². The van der Waals surface area contributed by atoms with Crippen LogP contribution in [0.25, 0.3) is 11.3 Å². The second-order valence-corrected chi connectivity index (χ2v) is 6.72. The van der Waals surface area contributed by atoms with Crippen LogP contribution in [0, 0.1) is 11.6 Å². The maximum Gasteiger partial charge on any atom is 0.257 e. The third-order valence-electron chi connectivity index (χ3n) is 4.38. The normalized spacial score (nSPS) is 15.0. The predicted octanol–water partition coefficient (Wildman–Crippen LogP) is 3.81. The molecule has 0 saturated heterocycles. The van der Waals surface area contributed by atoms with Gasteiger partial charge in [-0.1, -0.05) is 17.7 Å². The van der Waals surface area contributed by atoms with E-state index in [1.807, 2.05) is 0 Å². The molecule has 4 rings (SSSR count). The fraction of sp³-hybridized carbons (Fsp3) is 0.150. The van der Waals surface area contributed by atoms with Gasteiger partial charge in [0.05, 0.1) is 18.4 Å². The number of ether oxygens (including phenoxy) is 1. The lowest BCUT2D eigenvalue weighted by molar-refractivity contribution is 0.0925. The van der Waals surface area contributed by atoms with E-state index in [9.17, 15) is 13.6 Å². The standard InChI is InChI=1S/C20H14ClF2N3O2/c21-12-6-11-7-13(9-26-20(27)18-15(22)2-1-3-16(18)23)28-19(11)14(8-12)17-10-24-4-5-25-17/h1-6,8,10,13H,7,9H2,(H,26,27)/t13-/m1/s1. The van der Waals surface area contributed by atoms with Gasteiger partial charge in [0.1, 0.15) is 29.1 Å². The Kier molecular flexibility index (Phi) is 4.92. The molecule has 0 aliphatic carbocycles. The number of nitrogens with one attached hydrogen (secondary N) is 1. The molecule has 0 saturated carbocycles. The molecule has 8 heteroatoms. The Morgan fingerprint density at radius 2 is 2.04 bits per heavy atom. The van der Waals surface area contributed by atoms with Crippen molar-refractivity contribution in [2.24, 2.45) is 0 Å². The van der Waals surface area contributed by atoms with Crippen molar-refractivity contribution in [2.75, 3.05) is 6.54 Å². The van der Waals surface area contributed by atoms with Crippen molar-refractivity contribution >= 4 is 17.5 Å². The Hall–Kier alpha value is -3.06.